The molecule has 1 aromatic carbocycles. The Bertz CT molecular complexity index is 432. The van der Waals surface area contributed by atoms with Crippen LogP contribution < -0.4 is 4.72 Å². The molecule has 4 heteroatoms. The zero-order chi connectivity index (χ0) is 11.5. The summed E-state index contributed by atoms with van der Waals surface area (Å²) >= 11 is 0. The monoisotopic (exact) mass is 225 g/mol. The third-order valence-electron chi connectivity index (χ3n) is 1.82. The second-order valence-electron chi connectivity index (χ2n) is 3.55. The maximum Gasteiger partial charge on any atom is 0.240 e. The average Bonchev–Trinajstić information content (AvgIpc) is 2.16. The van der Waals surface area contributed by atoms with Gasteiger partial charge in [-0.1, -0.05) is 24.8 Å². The topological polar surface area (TPSA) is 46.2 Å². The molecule has 1 aromatic rings. The Balaban J connectivity index is 3.00. The molecular formula is C11H15NO2S. The molecule has 15 heavy (non-hydrogen) atoms. The fourth-order valence-corrected chi connectivity index (χ4v) is 2.41. The molecule has 0 heterocycles. The van der Waals surface area contributed by atoms with Crippen LogP contribution in [-0.2, 0) is 10.0 Å². The van der Waals surface area contributed by atoms with Gasteiger partial charge < -0.3 is 0 Å². The molecule has 0 unspecified atom stereocenters. The Hall–Kier alpha value is -1.13. The molecule has 0 bridgehead atoms. The lowest BCUT2D eigenvalue weighted by Crippen LogP contribution is -2.30. The first-order valence-electron chi connectivity index (χ1n) is 4.70. The van der Waals surface area contributed by atoms with Crippen LogP contribution in [0.25, 0.3) is 6.08 Å². The highest BCUT2D eigenvalue weighted by Gasteiger charge is 2.14. The molecule has 0 saturated carbocycles. The Morgan fingerprint density at radius 2 is 1.80 bits per heavy atom. The van der Waals surface area contributed by atoms with E-state index in [1.165, 1.54) is 0 Å². The minimum atomic E-state index is -3.37. The highest BCUT2D eigenvalue weighted by molar-refractivity contribution is 7.89. The second-order valence-corrected chi connectivity index (χ2v) is 5.26. The molecular weight excluding hydrogens is 210 g/mol. The van der Waals surface area contributed by atoms with Crippen molar-refractivity contribution in [3.8, 4) is 0 Å². The van der Waals surface area contributed by atoms with Crippen LogP contribution in [0.4, 0.5) is 0 Å². The summed E-state index contributed by atoms with van der Waals surface area (Å²) in [4.78, 5) is 0.279. The van der Waals surface area contributed by atoms with E-state index in [1.54, 1.807) is 44.2 Å². The maximum atomic E-state index is 11.7. The first-order chi connectivity index (χ1) is 6.95. The van der Waals surface area contributed by atoms with Crippen molar-refractivity contribution in [2.24, 2.45) is 0 Å². The molecule has 3 nitrogen and oxygen atoms in total. The van der Waals surface area contributed by atoms with Gasteiger partial charge in [0.1, 0.15) is 0 Å². The molecule has 0 aliphatic rings. The number of sulfonamides is 1. The lowest BCUT2D eigenvalue weighted by Gasteiger charge is -2.09. The van der Waals surface area contributed by atoms with Crippen molar-refractivity contribution in [1.29, 1.82) is 0 Å². The minimum absolute atomic E-state index is 0.103. The molecule has 0 aliphatic carbocycles. The standard InChI is InChI=1S/C11H15NO2S/c1-4-10-5-7-11(8-6-10)15(13,14)12-9(2)3/h4-9,12H,1H2,2-3H3. The van der Waals surface area contributed by atoms with Gasteiger partial charge in [0.25, 0.3) is 0 Å². The summed E-state index contributed by atoms with van der Waals surface area (Å²) < 4.78 is 25.9. The van der Waals surface area contributed by atoms with Gasteiger partial charge in [-0.25, -0.2) is 13.1 Å². The lowest BCUT2D eigenvalue weighted by molar-refractivity contribution is 0.570. The number of rotatable bonds is 4. The third kappa shape index (κ3) is 3.18. The zero-order valence-electron chi connectivity index (χ0n) is 8.90. The van der Waals surface area contributed by atoms with Crippen molar-refractivity contribution >= 4 is 16.1 Å². The molecule has 1 rings (SSSR count). The fourth-order valence-electron chi connectivity index (χ4n) is 1.16. The molecule has 0 aliphatic heterocycles. The quantitative estimate of drug-likeness (QED) is 0.852. The van der Waals surface area contributed by atoms with Gasteiger partial charge in [-0.15, -0.1) is 0 Å². The third-order valence-corrected chi connectivity index (χ3v) is 3.49. The molecule has 82 valence electrons. The molecule has 0 amide bonds. The highest BCUT2D eigenvalue weighted by atomic mass is 32.2. The van der Waals surface area contributed by atoms with Crippen LogP contribution in [0.2, 0.25) is 0 Å². The van der Waals surface area contributed by atoms with Crippen molar-refractivity contribution in [1.82, 2.24) is 4.72 Å². The molecule has 0 fully saturated rings. The van der Waals surface area contributed by atoms with Gasteiger partial charge in [-0.3, -0.25) is 0 Å². The number of hydrogen-bond donors (Lipinski definition) is 1. The number of nitrogens with one attached hydrogen (secondary N) is 1. The highest BCUT2D eigenvalue weighted by Crippen LogP contribution is 2.11. The van der Waals surface area contributed by atoms with Gasteiger partial charge in [0.2, 0.25) is 10.0 Å². The Morgan fingerprint density at radius 1 is 1.27 bits per heavy atom. The van der Waals surface area contributed by atoms with Crippen LogP contribution in [0.1, 0.15) is 19.4 Å². The van der Waals surface area contributed by atoms with E-state index < -0.39 is 10.0 Å². The normalized spacial score (nSPS) is 11.7. The minimum Gasteiger partial charge on any atom is -0.209 e. The van der Waals surface area contributed by atoms with E-state index in [0.717, 1.165) is 5.56 Å². The molecule has 0 atom stereocenters. The van der Waals surface area contributed by atoms with E-state index in [4.69, 9.17) is 0 Å². The van der Waals surface area contributed by atoms with E-state index in [9.17, 15) is 8.42 Å². The van der Waals surface area contributed by atoms with Crippen LogP contribution in [0.3, 0.4) is 0 Å². The van der Waals surface area contributed by atoms with Gasteiger partial charge in [-0.2, -0.15) is 0 Å². The van der Waals surface area contributed by atoms with E-state index in [0.29, 0.717) is 0 Å². The van der Waals surface area contributed by atoms with E-state index in [-0.39, 0.29) is 10.9 Å². The van der Waals surface area contributed by atoms with Crippen LogP contribution in [-0.4, -0.2) is 14.5 Å². The SMILES string of the molecule is C=Cc1ccc(S(=O)(=O)NC(C)C)cc1. The lowest BCUT2D eigenvalue weighted by atomic mass is 10.2. The molecule has 0 radical (unpaired) electrons. The summed E-state index contributed by atoms with van der Waals surface area (Å²) in [5.74, 6) is 0. The molecule has 0 saturated heterocycles. The first kappa shape index (κ1) is 11.9. The average molecular weight is 225 g/mol. The summed E-state index contributed by atoms with van der Waals surface area (Å²) in [6, 6.07) is 6.49. The molecule has 0 spiro atoms. The molecule has 1 N–H and O–H groups in total. The predicted octanol–water partition coefficient (Wildman–Crippen LogP) is 2.02. The Morgan fingerprint density at radius 3 is 2.20 bits per heavy atom. The van der Waals surface area contributed by atoms with Crippen molar-refractivity contribution in [3.05, 3.63) is 36.4 Å². The second kappa shape index (κ2) is 4.59. The van der Waals surface area contributed by atoms with Gasteiger partial charge in [0, 0.05) is 6.04 Å². The maximum absolute atomic E-state index is 11.7. The van der Waals surface area contributed by atoms with E-state index >= 15 is 0 Å². The Kier molecular flexibility index (Phi) is 3.66. The van der Waals surface area contributed by atoms with Crippen molar-refractivity contribution < 1.29 is 8.42 Å². The van der Waals surface area contributed by atoms with Crippen molar-refractivity contribution in [2.45, 2.75) is 24.8 Å². The van der Waals surface area contributed by atoms with Crippen molar-refractivity contribution in [2.75, 3.05) is 0 Å². The number of hydrogen-bond acceptors (Lipinski definition) is 2. The van der Waals surface area contributed by atoms with Crippen LogP contribution >= 0.6 is 0 Å². The summed E-state index contributed by atoms with van der Waals surface area (Å²) in [5, 5.41) is 0. The van der Waals surface area contributed by atoms with Gasteiger partial charge >= 0.3 is 0 Å². The largest absolute Gasteiger partial charge is 0.240 e. The summed E-state index contributed by atoms with van der Waals surface area (Å²) in [5.41, 5.74) is 0.901. The first-order valence-corrected chi connectivity index (χ1v) is 6.19. The fraction of sp³-hybridized carbons (Fsp3) is 0.273. The summed E-state index contributed by atoms with van der Waals surface area (Å²) in [6.45, 7) is 7.18. The molecule has 0 aromatic heterocycles. The Labute approximate surface area is 90.9 Å². The van der Waals surface area contributed by atoms with Crippen molar-refractivity contribution in [3.63, 3.8) is 0 Å². The van der Waals surface area contributed by atoms with Crippen LogP contribution in [0.5, 0.6) is 0 Å². The van der Waals surface area contributed by atoms with Gasteiger partial charge in [0.05, 0.1) is 4.90 Å². The number of benzene rings is 1. The summed E-state index contributed by atoms with van der Waals surface area (Å²) in [7, 11) is -3.37. The van der Waals surface area contributed by atoms with E-state index in [2.05, 4.69) is 11.3 Å². The van der Waals surface area contributed by atoms with Crippen LogP contribution in [0.15, 0.2) is 35.7 Å². The van der Waals surface area contributed by atoms with Gasteiger partial charge in [-0.05, 0) is 31.5 Å². The zero-order valence-corrected chi connectivity index (χ0v) is 9.71. The predicted molar refractivity (Wildman–Crippen MR) is 62.0 cm³/mol. The van der Waals surface area contributed by atoms with E-state index in [1.807, 2.05) is 0 Å². The summed E-state index contributed by atoms with van der Waals surface area (Å²) in [6.07, 6.45) is 1.67. The van der Waals surface area contributed by atoms with Crippen LogP contribution in [0, 0.1) is 0 Å². The van der Waals surface area contributed by atoms with Gasteiger partial charge in [0.15, 0.2) is 0 Å². The smallest absolute Gasteiger partial charge is 0.209 e.